The van der Waals surface area contributed by atoms with Gasteiger partial charge in [-0.2, -0.15) is 0 Å². The minimum Gasteiger partial charge on any atom is -0.491 e. The molecule has 0 radical (unpaired) electrons. The molecule has 0 unspecified atom stereocenters. The topological polar surface area (TPSA) is 94.0 Å². The van der Waals surface area contributed by atoms with Crippen LogP contribution in [0.3, 0.4) is 0 Å². The quantitative estimate of drug-likeness (QED) is 0.235. The van der Waals surface area contributed by atoms with Crippen molar-refractivity contribution in [1.82, 2.24) is 9.72 Å². The number of ether oxygens (including phenoxy) is 3. The van der Waals surface area contributed by atoms with E-state index in [0.29, 0.717) is 25.6 Å². The summed E-state index contributed by atoms with van der Waals surface area (Å²) in [6, 6.07) is 19.6. The molecule has 0 atom stereocenters. The predicted molar refractivity (Wildman–Crippen MR) is 131 cm³/mol. The van der Waals surface area contributed by atoms with Crippen molar-refractivity contribution in [2.24, 2.45) is 0 Å². The third-order valence-corrected chi connectivity index (χ3v) is 5.52. The van der Waals surface area contributed by atoms with Gasteiger partial charge < -0.3 is 23.7 Å². The zero-order valence-corrected chi connectivity index (χ0v) is 22.9. The van der Waals surface area contributed by atoms with Gasteiger partial charge in [-0.15, -0.1) is 0 Å². The molecule has 0 N–H and O–H groups in total. The summed E-state index contributed by atoms with van der Waals surface area (Å²) in [5, 5.41) is 0. The third kappa shape index (κ3) is 7.01. The summed E-state index contributed by atoms with van der Waals surface area (Å²) in [6.45, 7) is 5.77. The van der Waals surface area contributed by atoms with E-state index in [2.05, 4.69) is 31.0 Å². The first-order chi connectivity index (χ1) is 16.9. The largest absolute Gasteiger partial charge is 1.00 e. The normalized spacial score (nSPS) is 10.6. The van der Waals surface area contributed by atoms with Crippen LogP contribution in [-0.4, -0.2) is 25.1 Å². The first kappa shape index (κ1) is 27.5. The molecule has 4 aromatic rings. The Morgan fingerprint density at radius 1 is 0.861 bits per heavy atom. The molecule has 9 heteroatoms. The van der Waals surface area contributed by atoms with Gasteiger partial charge in [-0.25, -0.2) is 4.79 Å². The minimum atomic E-state index is -0.895. The van der Waals surface area contributed by atoms with Gasteiger partial charge in [0.1, 0.15) is 24.7 Å². The Kier molecular flexibility index (Phi) is 9.78. The summed E-state index contributed by atoms with van der Waals surface area (Å²) in [6.07, 6.45) is 0. The van der Waals surface area contributed by atoms with Gasteiger partial charge in [0.05, 0.1) is 6.61 Å². The molecule has 4 rings (SSSR count). The summed E-state index contributed by atoms with van der Waals surface area (Å²) in [7, 11) is 1.66. The van der Waals surface area contributed by atoms with Crippen molar-refractivity contribution in [3.63, 3.8) is 0 Å². The average Bonchev–Trinajstić information content (AvgIpc) is 3.15. The Balaban J connectivity index is 0.00000361. The van der Waals surface area contributed by atoms with Crippen LogP contribution >= 0.6 is 0 Å². The van der Waals surface area contributed by atoms with Crippen molar-refractivity contribution in [2.75, 3.05) is 20.3 Å². The maximum atomic E-state index is 11.5. The van der Waals surface area contributed by atoms with Gasteiger partial charge in [0.25, 0.3) is 0 Å². The van der Waals surface area contributed by atoms with Crippen molar-refractivity contribution in [3.05, 3.63) is 104 Å². The van der Waals surface area contributed by atoms with Gasteiger partial charge in [0.2, 0.25) is 0 Å². The summed E-state index contributed by atoms with van der Waals surface area (Å²) in [5.74, 6) is 0.637. The molecule has 0 spiro atoms. The average molecular weight is 499 g/mol. The molecule has 0 fully saturated rings. The number of aryl methyl sites for hydroxylation is 2. The molecule has 0 saturated heterocycles. The van der Waals surface area contributed by atoms with E-state index in [1.54, 1.807) is 7.11 Å². The Labute approximate surface area is 231 Å². The van der Waals surface area contributed by atoms with Crippen LogP contribution < -0.4 is 55.5 Å². The SMILES string of the molecule is COCCOc1cc(C)c(-c2cccc(COc3ccc(Cn4oc(=O)[n-]c4=O)cc3)c2)c(C)c1.[Na+]. The van der Waals surface area contributed by atoms with Crippen LogP contribution in [0.2, 0.25) is 0 Å². The van der Waals surface area contributed by atoms with Crippen LogP contribution in [0.5, 0.6) is 11.5 Å². The molecule has 1 aromatic heterocycles. The number of aromatic nitrogens is 2. The summed E-state index contributed by atoms with van der Waals surface area (Å²) in [5.41, 5.74) is 5.71. The Morgan fingerprint density at radius 2 is 1.58 bits per heavy atom. The minimum absolute atomic E-state index is 0. The second-order valence-corrected chi connectivity index (χ2v) is 8.19. The molecule has 36 heavy (non-hydrogen) atoms. The third-order valence-electron chi connectivity index (χ3n) is 5.52. The van der Waals surface area contributed by atoms with Crippen LogP contribution in [0.1, 0.15) is 22.3 Å². The number of methoxy groups -OCH3 is 1. The van der Waals surface area contributed by atoms with Gasteiger partial charge >= 0.3 is 35.3 Å². The fourth-order valence-corrected chi connectivity index (χ4v) is 3.93. The van der Waals surface area contributed by atoms with E-state index in [9.17, 15) is 9.59 Å². The van der Waals surface area contributed by atoms with E-state index in [1.807, 2.05) is 48.5 Å². The Bertz CT molecular complexity index is 1380. The molecule has 3 aromatic carbocycles. The number of rotatable bonds is 10. The van der Waals surface area contributed by atoms with E-state index in [4.69, 9.17) is 18.7 Å². The zero-order valence-electron chi connectivity index (χ0n) is 20.9. The summed E-state index contributed by atoms with van der Waals surface area (Å²) < 4.78 is 22.5. The molecule has 0 amide bonds. The van der Waals surface area contributed by atoms with Crippen molar-refractivity contribution in [1.29, 1.82) is 0 Å². The van der Waals surface area contributed by atoms with Gasteiger partial charge in [0.15, 0.2) is 5.69 Å². The van der Waals surface area contributed by atoms with E-state index in [1.165, 1.54) is 5.56 Å². The van der Waals surface area contributed by atoms with Crippen molar-refractivity contribution >= 4 is 0 Å². The number of hydrogen-bond acceptors (Lipinski definition) is 6. The molecular formula is C27H27N2NaO6. The summed E-state index contributed by atoms with van der Waals surface area (Å²) >= 11 is 0. The molecule has 0 aliphatic carbocycles. The molecule has 1 heterocycles. The van der Waals surface area contributed by atoms with Crippen LogP contribution in [0.15, 0.2) is 74.8 Å². The fraction of sp³-hybridized carbons (Fsp3) is 0.259. The van der Waals surface area contributed by atoms with E-state index in [0.717, 1.165) is 38.3 Å². The number of hydrogen-bond donors (Lipinski definition) is 0. The van der Waals surface area contributed by atoms with Gasteiger partial charge in [-0.3, -0.25) is 9.53 Å². The first-order valence-electron chi connectivity index (χ1n) is 11.2. The van der Waals surface area contributed by atoms with Crippen LogP contribution in [0.4, 0.5) is 0 Å². The molecule has 0 aliphatic heterocycles. The maximum Gasteiger partial charge on any atom is 1.00 e. The fourth-order valence-electron chi connectivity index (χ4n) is 3.93. The maximum absolute atomic E-state index is 11.5. The van der Waals surface area contributed by atoms with Crippen molar-refractivity contribution < 1.29 is 48.3 Å². The molecule has 0 aliphatic rings. The van der Waals surface area contributed by atoms with E-state index in [-0.39, 0.29) is 36.1 Å². The van der Waals surface area contributed by atoms with Crippen LogP contribution in [0.25, 0.3) is 11.1 Å². The van der Waals surface area contributed by atoms with Crippen LogP contribution in [0, 0.1) is 13.8 Å². The molecule has 0 saturated carbocycles. The number of benzene rings is 3. The van der Waals surface area contributed by atoms with Gasteiger partial charge in [0, 0.05) is 13.7 Å². The number of nitrogens with zero attached hydrogens (tertiary/aromatic N) is 2. The van der Waals surface area contributed by atoms with Crippen molar-refractivity contribution in [2.45, 2.75) is 27.0 Å². The van der Waals surface area contributed by atoms with E-state index < -0.39 is 11.4 Å². The monoisotopic (exact) mass is 498 g/mol. The van der Waals surface area contributed by atoms with Gasteiger partial charge in [-0.1, -0.05) is 30.3 Å². The second kappa shape index (κ2) is 12.8. The summed E-state index contributed by atoms with van der Waals surface area (Å²) in [4.78, 5) is 25.8. The first-order valence-corrected chi connectivity index (χ1v) is 11.2. The smallest absolute Gasteiger partial charge is 0.491 e. The predicted octanol–water partition coefficient (Wildman–Crippen LogP) is 0.699. The second-order valence-electron chi connectivity index (χ2n) is 8.19. The Morgan fingerprint density at radius 3 is 2.22 bits per heavy atom. The standard InChI is InChI=1S/C27H28N2O6.Na/c1-18-13-24(33-12-11-32-3)14-19(2)25(18)22-6-4-5-21(15-22)17-34-23-9-7-20(8-10-23)16-29-26(30)28-27(31)35-29;/h4-10,13-15H,11-12,16-17H2,1-3H3,(H,28,30,31);/q;+1/p-1. The van der Waals surface area contributed by atoms with E-state index >= 15 is 0 Å². The Hall–Kier alpha value is -3.04. The van der Waals surface area contributed by atoms with Crippen LogP contribution in [-0.2, 0) is 17.9 Å². The zero-order chi connectivity index (χ0) is 24.8. The molecule has 182 valence electrons. The molecular weight excluding hydrogens is 471 g/mol. The van der Waals surface area contributed by atoms with Gasteiger partial charge in [-0.05, 0) is 77.6 Å². The molecule has 0 bridgehead atoms. The van der Waals surface area contributed by atoms with Crippen molar-refractivity contribution in [3.8, 4) is 22.6 Å². The molecule has 8 nitrogen and oxygen atoms in total.